The van der Waals surface area contributed by atoms with Crippen molar-refractivity contribution < 1.29 is 4.79 Å². The number of carbonyl (C=O) groups excluding carboxylic acids is 1. The normalized spacial score (nSPS) is 11.9. The molecule has 1 aromatic rings. The summed E-state index contributed by atoms with van der Waals surface area (Å²) in [4.78, 5) is 12.4. The van der Waals surface area contributed by atoms with Crippen molar-refractivity contribution in [3.63, 3.8) is 0 Å². The highest BCUT2D eigenvalue weighted by atomic mass is 79.9. The third kappa shape index (κ3) is 4.14. The molecule has 0 saturated carbocycles. The van der Waals surface area contributed by atoms with Crippen molar-refractivity contribution in [2.24, 2.45) is 5.92 Å². The van der Waals surface area contributed by atoms with Crippen LogP contribution in [0.5, 0.6) is 0 Å². The van der Waals surface area contributed by atoms with E-state index in [1.807, 2.05) is 6.92 Å². The van der Waals surface area contributed by atoms with E-state index in [9.17, 15) is 4.79 Å². The molecule has 1 aromatic heterocycles. The zero-order chi connectivity index (χ0) is 12.8. The molecule has 1 atom stereocenters. The number of unbranched alkanes of at least 4 members (excludes halogenated alkanes) is 1. The fourth-order valence-corrected chi connectivity index (χ4v) is 2.85. The molecule has 0 aromatic carbocycles. The maximum absolute atomic E-state index is 11.8. The number of anilines is 1. The van der Waals surface area contributed by atoms with Gasteiger partial charge in [0.05, 0.1) is 5.00 Å². The molecule has 0 saturated heterocycles. The zero-order valence-electron chi connectivity index (χ0n) is 9.92. The first kappa shape index (κ1) is 14.2. The molecule has 0 aliphatic rings. The number of carbonyl (C=O) groups is 1. The van der Waals surface area contributed by atoms with Gasteiger partial charge >= 0.3 is 0 Å². The number of hydrogen-bond donors (Lipinski definition) is 1. The van der Waals surface area contributed by atoms with E-state index in [0.29, 0.717) is 4.88 Å². The van der Waals surface area contributed by atoms with Gasteiger partial charge in [-0.25, -0.2) is 0 Å². The zero-order valence-corrected chi connectivity index (χ0v) is 12.3. The van der Waals surface area contributed by atoms with Crippen LogP contribution in [0, 0.1) is 17.2 Å². The van der Waals surface area contributed by atoms with Crippen molar-refractivity contribution in [3.05, 3.63) is 15.4 Å². The lowest BCUT2D eigenvalue weighted by Crippen LogP contribution is -2.19. The molecule has 3 nitrogen and oxygen atoms in total. The molecule has 17 heavy (non-hydrogen) atoms. The Kier molecular flexibility index (Phi) is 5.66. The summed E-state index contributed by atoms with van der Waals surface area (Å²) in [5.74, 6) is 0.0399. The van der Waals surface area contributed by atoms with Crippen LogP contribution < -0.4 is 5.32 Å². The first-order valence-electron chi connectivity index (χ1n) is 5.58. The minimum absolute atomic E-state index is 0.0151. The smallest absolute Gasteiger partial charge is 0.227 e. The quantitative estimate of drug-likeness (QED) is 0.887. The summed E-state index contributed by atoms with van der Waals surface area (Å²) in [5, 5.41) is 12.4. The Morgan fingerprint density at radius 3 is 2.94 bits per heavy atom. The third-order valence-electron chi connectivity index (χ3n) is 2.47. The molecular formula is C12H15BrN2OS. The van der Waals surface area contributed by atoms with E-state index >= 15 is 0 Å². The van der Waals surface area contributed by atoms with Crippen LogP contribution in [0.15, 0.2) is 10.5 Å². The Bertz CT molecular complexity index is 436. The number of hydrogen-bond acceptors (Lipinski definition) is 3. The first-order chi connectivity index (χ1) is 8.08. The van der Waals surface area contributed by atoms with Gasteiger partial charge in [0.15, 0.2) is 0 Å². The van der Waals surface area contributed by atoms with Crippen molar-refractivity contribution in [2.75, 3.05) is 5.32 Å². The van der Waals surface area contributed by atoms with Crippen molar-refractivity contribution in [1.29, 1.82) is 5.26 Å². The minimum atomic E-state index is 0.0151. The van der Waals surface area contributed by atoms with Gasteiger partial charge in [-0.2, -0.15) is 5.26 Å². The van der Waals surface area contributed by atoms with Crippen molar-refractivity contribution in [3.8, 4) is 6.07 Å². The monoisotopic (exact) mass is 314 g/mol. The summed E-state index contributed by atoms with van der Waals surface area (Å²) in [7, 11) is 0. The third-order valence-corrected chi connectivity index (χ3v) is 4.32. The predicted molar refractivity (Wildman–Crippen MR) is 74.1 cm³/mol. The molecule has 1 heterocycles. The van der Waals surface area contributed by atoms with Gasteiger partial charge in [0.1, 0.15) is 10.9 Å². The Morgan fingerprint density at radius 1 is 1.71 bits per heavy atom. The molecule has 0 aliphatic carbocycles. The van der Waals surface area contributed by atoms with Gasteiger partial charge in [0, 0.05) is 10.4 Å². The van der Waals surface area contributed by atoms with E-state index in [0.717, 1.165) is 28.7 Å². The Morgan fingerprint density at radius 2 is 2.41 bits per heavy atom. The van der Waals surface area contributed by atoms with Crippen LogP contribution in [0.3, 0.4) is 0 Å². The van der Waals surface area contributed by atoms with Crippen LogP contribution in [0.1, 0.15) is 38.0 Å². The molecule has 0 bridgehead atoms. The summed E-state index contributed by atoms with van der Waals surface area (Å²) in [5.41, 5.74) is 0. The summed E-state index contributed by atoms with van der Waals surface area (Å²) in [6.45, 7) is 4.04. The second-order valence-corrected chi connectivity index (χ2v) is 5.84. The van der Waals surface area contributed by atoms with Gasteiger partial charge in [0.2, 0.25) is 5.91 Å². The van der Waals surface area contributed by atoms with E-state index in [1.54, 1.807) is 6.07 Å². The lowest BCUT2D eigenvalue weighted by atomic mass is 10.0. The summed E-state index contributed by atoms with van der Waals surface area (Å²) < 4.78 is 0.738. The van der Waals surface area contributed by atoms with Crippen LogP contribution in [-0.4, -0.2) is 5.91 Å². The number of nitriles is 1. The number of thiophene rings is 1. The van der Waals surface area contributed by atoms with Gasteiger partial charge in [-0.3, -0.25) is 4.79 Å². The second-order valence-electron chi connectivity index (χ2n) is 3.93. The lowest BCUT2D eigenvalue weighted by Gasteiger charge is -2.09. The van der Waals surface area contributed by atoms with Crippen molar-refractivity contribution in [2.45, 2.75) is 33.1 Å². The van der Waals surface area contributed by atoms with Crippen molar-refractivity contribution in [1.82, 2.24) is 0 Å². The topological polar surface area (TPSA) is 52.9 Å². The molecule has 1 rings (SSSR count). The number of rotatable bonds is 5. The number of nitrogens with one attached hydrogen (secondary N) is 1. The summed E-state index contributed by atoms with van der Waals surface area (Å²) in [6.07, 6.45) is 3.06. The molecule has 1 unspecified atom stereocenters. The van der Waals surface area contributed by atoms with E-state index in [4.69, 9.17) is 5.26 Å². The summed E-state index contributed by atoms with van der Waals surface area (Å²) in [6, 6.07) is 3.84. The fourth-order valence-electron chi connectivity index (χ4n) is 1.39. The largest absolute Gasteiger partial charge is 0.317 e. The van der Waals surface area contributed by atoms with E-state index < -0.39 is 0 Å². The highest BCUT2D eigenvalue weighted by Gasteiger charge is 2.14. The average Bonchev–Trinajstić information content (AvgIpc) is 2.66. The van der Waals surface area contributed by atoms with Gasteiger partial charge in [-0.15, -0.1) is 11.3 Å². The maximum Gasteiger partial charge on any atom is 0.227 e. The first-order valence-corrected chi connectivity index (χ1v) is 7.19. The SMILES string of the molecule is CCCCC(C)C(=O)Nc1cc(Br)c(C#N)s1. The van der Waals surface area contributed by atoms with Crippen LogP contribution in [0.25, 0.3) is 0 Å². The summed E-state index contributed by atoms with van der Waals surface area (Å²) >= 11 is 4.57. The van der Waals surface area contributed by atoms with Gasteiger partial charge in [0.25, 0.3) is 0 Å². The number of amides is 1. The molecule has 0 fully saturated rings. The highest BCUT2D eigenvalue weighted by Crippen LogP contribution is 2.30. The van der Waals surface area contributed by atoms with E-state index in [2.05, 4.69) is 34.2 Å². The molecule has 1 amide bonds. The number of halogens is 1. The highest BCUT2D eigenvalue weighted by molar-refractivity contribution is 9.10. The molecule has 0 spiro atoms. The van der Waals surface area contributed by atoms with Gasteiger partial charge in [-0.1, -0.05) is 26.7 Å². The molecule has 1 N–H and O–H groups in total. The average molecular weight is 315 g/mol. The molecular weight excluding hydrogens is 300 g/mol. The number of nitrogens with zero attached hydrogens (tertiary/aromatic N) is 1. The predicted octanol–water partition coefficient (Wildman–Crippen LogP) is 4.15. The van der Waals surface area contributed by atoms with Gasteiger partial charge in [-0.05, 0) is 28.4 Å². The fraction of sp³-hybridized carbons (Fsp3) is 0.500. The van der Waals surface area contributed by atoms with Gasteiger partial charge < -0.3 is 5.32 Å². The molecule has 5 heteroatoms. The second kappa shape index (κ2) is 6.77. The van der Waals surface area contributed by atoms with Crippen LogP contribution >= 0.6 is 27.3 Å². The Hall–Kier alpha value is -0.860. The molecule has 92 valence electrons. The Balaban J connectivity index is 2.59. The standard InChI is InChI=1S/C12H15BrN2OS/c1-3-4-5-8(2)12(16)15-11-6-9(13)10(7-14)17-11/h6,8H,3-5H2,1-2H3,(H,15,16). The van der Waals surface area contributed by atoms with Crippen molar-refractivity contribution >= 4 is 38.2 Å². The van der Waals surface area contributed by atoms with Crippen LogP contribution in [0.2, 0.25) is 0 Å². The Labute approximate surface area is 114 Å². The van der Waals surface area contributed by atoms with E-state index in [-0.39, 0.29) is 11.8 Å². The molecule has 0 aliphatic heterocycles. The molecule has 0 radical (unpaired) electrons. The van der Waals surface area contributed by atoms with Crippen LogP contribution in [-0.2, 0) is 4.79 Å². The lowest BCUT2D eigenvalue weighted by molar-refractivity contribution is -0.119. The maximum atomic E-state index is 11.8. The minimum Gasteiger partial charge on any atom is -0.317 e. The van der Waals surface area contributed by atoms with Crippen LogP contribution in [0.4, 0.5) is 5.00 Å². The van der Waals surface area contributed by atoms with E-state index in [1.165, 1.54) is 11.3 Å².